The lowest BCUT2D eigenvalue weighted by molar-refractivity contribution is 0.0199. The van der Waals surface area contributed by atoms with Crippen LogP contribution in [0, 0.1) is 0 Å². The Morgan fingerprint density at radius 3 is 3.04 bits per heavy atom. The third-order valence-electron chi connectivity index (χ3n) is 4.34. The first kappa shape index (κ1) is 16.1. The van der Waals surface area contributed by atoms with E-state index in [0.717, 1.165) is 38.3 Å². The van der Waals surface area contributed by atoms with Crippen LogP contribution in [-0.4, -0.2) is 51.9 Å². The van der Waals surface area contributed by atoms with Crippen LogP contribution in [0.15, 0.2) is 55.0 Å². The summed E-state index contributed by atoms with van der Waals surface area (Å²) in [5.41, 5.74) is 2.14. The minimum Gasteiger partial charge on any atom is -0.488 e. The molecule has 0 saturated carbocycles. The molecule has 0 radical (unpaired) electrons. The number of hydrogen-bond acceptors (Lipinski definition) is 5. The summed E-state index contributed by atoms with van der Waals surface area (Å²) in [6, 6.07) is 12.4. The Morgan fingerprint density at radius 1 is 1.20 bits per heavy atom. The molecular weight excluding hydrogens is 316 g/mol. The van der Waals surface area contributed by atoms with Crippen molar-refractivity contribution in [2.75, 3.05) is 26.3 Å². The number of rotatable bonds is 5. The van der Waals surface area contributed by atoms with E-state index >= 15 is 0 Å². The molecule has 0 N–H and O–H groups in total. The van der Waals surface area contributed by atoms with Crippen molar-refractivity contribution in [3.05, 3.63) is 60.6 Å². The summed E-state index contributed by atoms with van der Waals surface area (Å²) in [5, 5.41) is 4.18. The fourth-order valence-electron chi connectivity index (χ4n) is 3.11. The summed E-state index contributed by atoms with van der Waals surface area (Å²) in [4.78, 5) is 6.75. The maximum Gasteiger partial charge on any atom is 0.156 e. The SMILES string of the molecule is c1ccc(CN2CCCOC(COc3cnc4ccnn4c3)C2)cc1. The highest BCUT2D eigenvalue weighted by atomic mass is 16.5. The van der Waals surface area contributed by atoms with E-state index in [1.165, 1.54) is 5.56 Å². The van der Waals surface area contributed by atoms with Crippen molar-refractivity contribution in [3.63, 3.8) is 0 Å². The highest BCUT2D eigenvalue weighted by Crippen LogP contribution is 2.14. The Hall–Kier alpha value is -2.44. The average molecular weight is 338 g/mol. The minimum absolute atomic E-state index is 0.0551. The Kier molecular flexibility index (Phi) is 4.90. The van der Waals surface area contributed by atoms with Crippen LogP contribution in [0.3, 0.4) is 0 Å². The molecule has 3 heterocycles. The van der Waals surface area contributed by atoms with Crippen LogP contribution in [0.2, 0.25) is 0 Å². The largest absolute Gasteiger partial charge is 0.488 e. The van der Waals surface area contributed by atoms with E-state index in [4.69, 9.17) is 9.47 Å². The molecule has 0 spiro atoms. The lowest BCUT2D eigenvalue weighted by atomic mass is 10.2. The summed E-state index contributed by atoms with van der Waals surface area (Å²) >= 11 is 0. The van der Waals surface area contributed by atoms with E-state index in [1.807, 2.05) is 12.3 Å². The van der Waals surface area contributed by atoms with Crippen molar-refractivity contribution in [1.82, 2.24) is 19.5 Å². The number of ether oxygens (including phenoxy) is 2. The average Bonchev–Trinajstić information content (AvgIpc) is 3.00. The van der Waals surface area contributed by atoms with Gasteiger partial charge in [-0.05, 0) is 12.0 Å². The van der Waals surface area contributed by atoms with Gasteiger partial charge in [0, 0.05) is 32.3 Å². The van der Waals surface area contributed by atoms with Crippen LogP contribution in [0.25, 0.3) is 5.65 Å². The summed E-state index contributed by atoms with van der Waals surface area (Å²) in [5.74, 6) is 0.707. The third-order valence-corrected chi connectivity index (χ3v) is 4.34. The van der Waals surface area contributed by atoms with Gasteiger partial charge in [0.05, 0.1) is 18.6 Å². The Balaban J connectivity index is 1.35. The van der Waals surface area contributed by atoms with Crippen LogP contribution in [0.1, 0.15) is 12.0 Å². The van der Waals surface area contributed by atoms with Gasteiger partial charge in [-0.25, -0.2) is 9.50 Å². The van der Waals surface area contributed by atoms with Gasteiger partial charge < -0.3 is 9.47 Å². The fraction of sp³-hybridized carbons (Fsp3) is 0.368. The second-order valence-corrected chi connectivity index (χ2v) is 6.30. The molecule has 0 bridgehead atoms. The number of nitrogens with zero attached hydrogens (tertiary/aromatic N) is 4. The number of hydrogen-bond donors (Lipinski definition) is 0. The molecule has 1 aliphatic rings. The zero-order valence-electron chi connectivity index (χ0n) is 14.1. The molecule has 0 aliphatic carbocycles. The van der Waals surface area contributed by atoms with Gasteiger partial charge in [0.1, 0.15) is 12.7 Å². The predicted molar refractivity (Wildman–Crippen MR) is 94.6 cm³/mol. The number of aromatic nitrogens is 3. The second kappa shape index (κ2) is 7.63. The summed E-state index contributed by atoms with van der Waals surface area (Å²) in [6.07, 6.45) is 6.40. The van der Waals surface area contributed by atoms with Crippen molar-refractivity contribution < 1.29 is 9.47 Å². The summed E-state index contributed by atoms with van der Waals surface area (Å²) in [7, 11) is 0. The van der Waals surface area contributed by atoms with Gasteiger partial charge in [-0.1, -0.05) is 30.3 Å². The lowest BCUT2D eigenvalue weighted by Gasteiger charge is -2.23. The highest BCUT2D eigenvalue weighted by molar-refractivity contribution is 5.37. The Bertz CT molecular complexity index is 805. The van der Waals surface area contributed by atoms with Gasteiger partial charge >= 0.3 is 0 Å². The quantitative estimate of drug-likeness (QED) is 0.715. The van der Waals surface area contributed by atoms with Crippen molar-refractivity contribution in [2.24, 2.45) is 0 Å². The molecule has 4 rings (SSSR count). The van der Waals surface area contributed by atoms with Crippen LogP contribution < -0.4 is 4.74 Å². The van der Waals surface area contributed by atoms with E-state index in [0.29, 0.717) is 12.4 Å². The normalized spacial score (nSPS) is 19.0. The molecule has 1 atom stereocenters. The van der Waals surface area contributed by atoms with E-state index in [1.54, 1.807) is 16.9 Å². The van der Waals surface area contributed by atoms with E-state index in [9.17, 15) is 0 Å². The monoisotopic (exact) mass is 338 g/mol. The summed E-state index contributed by atoms with van der Waals surface area (Å²) in [6.45, 7) is 4.15. The molecule has 3 aromatic rings. The van der Waals surface area contributed by atoms with Crippen molar-refractivity contribution in [2.45, 2.75) is 19.1 Å². The van der Waals surface area contributed by atoms with Gasteiger partial charge in [0.2, 0.25) is 0 Å². The molecule has 1 aromatic carbocycles. The fourth-order valence-corrected chi connectivity index (χ4v) is 3.11. The van der Waals surface area contributed by atoms with E-state index in [2.05, 4.69) is 45.3 Å². The summed E-state index contributed by atoms with van der Waals surface area (Å²) < 4.78 is 13.6. The van der Waals surface area contributed by atoms with Gasteiger partial charge in [0.25, 0.3) is 0 Å². The standard InChI is InChI=1S/C19H22N4O2/c1-2-5-16(6-3-1)12-22-9-4-10-24-18(13-22)15-25-17-11-20-19-7-8-21-23(19)14-17/h1-3,5-8,11,14,18H,4,9-10,12-13,15H2. The van der Waals surface area contributed by atoms with E-state index < -0.39 is 0 Å². The topological polar surface area (TPSA) is 51.9 Å². The van der Waals surface area contributed by atoms with Crippen LogP contribution in [-0.2, 0) is 11.3 Å². The molecule has 1 unspecified atom stereocenters. The first-order valence-corrected chi connectivity index (χ1v) is 8.67. The van der Waals surface area contributed by atoms with Crippen molar-refractivity contribution in [1.29, 1.82) is 0 Å². The molecule has 0 amide bonds. The minimum atomic E-state index is 0.0551. The number of fused-ring (bicyclic) bond motifs is 1. The maximum atomic E-state index is 5.96. The van der Waals surface area contributed by atoms with Crippen molar-refractivity contribution in [3.8, 4) is 5.75 Å². The molecule has 25 heavy (non-hydrogen) atoms. The van der Waals surface area contributed by atoms with Crippen LogP contribution in [0.4, 0.5) is 0 Å². The highest BCUT2D eigenvalue weighted by Gasteiger charge is 2.19. The van der Waals surface area contributed by atoms with E-state index in [-0.39, 0.29) is 6.10 Å². The molecule has 6 nitrogen and oxygen atoms in total. The first-order valence-electron chi connectivity index (χ1n) is 8.67. The van der Waals surface area contributed by atoms with Crippen LogP contribution in [0.5, 0.6) is 5.75 Å². The molecule has 1 aliphatic heterocycles. The smallest absolute Gasteiger partial charge is 0.156 e. The first-order chi connectivity index (χ1) is 12.4. The second-order valence-electron chi connectivity index (χ2n) is 6.30. The zero-order chi connectivity index (χ0) is 16.9. The Morgan fingerprint density at radius 2 is 2.12 bits per heavy atom. The molecular formula is C19H22N4O2. The van der Waals surface area contributed by atoms with Gasteiger partial charge in [0.15, 0.2) is 11.4 Å². The maximum absolute atomic E-state index is 5.96. The molecule has 6 heteroatoms. The van der Waals surface area contributed by atoms with Gasteiger partial charge in [-0.3, -0.25) is 4.90 Å². The Labute approximate surface area is 147 Å². The third kappa shape index (κ3) is 4.15. The van der Waals surface area contributed by atoms with Crippen molar-refractivity contribution >= 4 is 5.65 Å². The molecule has 2 aromatic heterocycles. The predicted octanol–water partition coefficient (Wildman–Crippen LogP) is 2.40. The lowest BCUT2D eigenvalue weighted by Crippen LogP contribution is -2.34. The zero-order valence-corrected chi connectivity index (χ0v) is 14.1. The van der Waals surface area contributed by atoms with Gasteiger partial charge in [-0.2, -0.15) is 5.10 Å². The van der Waals surface area contributed by atoms with Crippen LogP contribution >= 0.6 is 0 Å². The number of benzene rings is 1. The van der Waals surface area contributed by atoms with Gasteiger partial charge in [-0.15, -0.1) is 0 Å². The molecule has 1 fully saturated rings. The molecule has 1 saturated heterocycles. The molecule has 130 valence electrons.